The molecule has 0 fully saturated rings. The molecule has 0 saturated heterocycles. The van der Waals surface area contributed by atoms with E-state index in [4.69, 9.17) is 9.47 Å². The Morgan fingerprint density at radius 2 is 1.84 bits per heavy atom. The van der Waals surface area contributed by atoms with Gasteiger partial charge in [-0.3, -0.25) is 0 Å². The third kappa shape index (κ3) is 4.18. The molecular formula is C18H22FNO4S. The largest absolute Gasteiger partial charge is 0.495 e. The third-order valence-electron chi connectivity index (χ3n) is 4.10. The second-order valence-corrected chi connectivity index (χ2v) is 7.63. The van der Waals surface area contributed by atoms with Crippen molar-refractivity contribution < 1.29 is 22.3 Å². The predicted octanol–water partition coefficient (Wildman–Crippen LogP) is 2.98. The minimum absolute atomic E-state index is 0.0296. The number of methoxy groups -OCH3 is 2. The van der Waals surface area contributed by atoms with Gasteiger partial charge in [0.15, 0.2) is 0 Å². The zero-order valence-electron chi connectivity index (χ0n) is 14.7. The van der Waals surface area contributed by atoms with Gasteiger partial charge in [-0.05, 0) is 37.6 Å². The number of sulfonamides is 1. The number of nitrogens with one attached hydrogen (secondary N) is 1. The van der Waals surface area contributed by atoms with Crippen LogP contribution < -0.4 is 9.46 Å². The highest BCUT2D eigenvalue weighted by atomic mass is 32.2. The van der Waals surface area contributed by atoms with Crippen molar-refractivity contribution in [2.75, 3.05) is 20.8 Å². The molecule has 0 saturated carbocycles. The van der Waals surface area contributed by atoms with E-state index in [2.05, 4.69) is 4.72 Å². The molecule has 0 aliphatic heterocycles. The number of hydrogen-bond donors (Lipinski definition) is 1. The summed E-state index contributed by atoms with van der Waals surface area (Å²) in [7, 11) is -1.05. The summed E-state index contributed by atoms with van der Waals surface area (Å²) < 4.78 is 52.6. The Labute approximate surface area is 147 Å². The monoisotopic (exact) mass is 367 g/mol. The van der Waals surface area contributed by atoms with Gasteiger partial charge in [0.25, 0.3) is 0 Å². The molecule has 5 nitrogen and oxygen atoms in total. The molecule has 0 bridgehead atoms. The maximum Gasteiger partial charge on any atom is 0.244 e. The first-order chi connectivity index (χ1) is 11.7. The predicted molar refractivity (Wildman–Crippen MR) is 93.7 cm³/mol. The molecule has 1 atom stereocenters. The summed E-state index contributed by atoms with van der Waals surface area (Å²) in [5, 5.41) is 0. The first-order valence-corrected chi connectivity index (χ1v) is 9.16. The number of halogens is 1. The van der Waals surface area contributed by atoms with Crippen LogP contribution in [-0.4, -0.2) is 29.2 Å². The normalized spacial score (nSPS) is 14.1. The van der Waals surface area contributed by atoms with E-state index >= 15 is 0 Å². The van der Waals surface area contributed by atoms with Crippen LogP contribution >= 0.6 is 0 Å². The maximum atomic E-state index is 14.1. The number of rotatable bonds is 7. The average molecular weight is 367 g/mol. The fraction of sp³-hybridized carbons (Fsp3) is 0.333. The van der Waals surface area contributed by atoms with E-state index in [1.54, 1.807) is 44.2 Å². The molecule has 136 valence electrons. The van der Waals surface area contributed by atoms with Gasteiger partial charge in [0, 0.05) is 19.2 Å². The molecule has 7 heteroatoms. The van der Waals surface area contributed by atoms with Crippen LogP contribution in [0.3, 0.4) is 0 Å². The van der Waals surface area contributed by atoms with Crippen LogP contribution in [0.4, 0.5) is 4.39 Å². The van der Waals surface area contributed by atoms with Gasteiger partial charge in [-0.2, -0.15) is 0 Å². The topological polar surface area (TPSA) is 64.6 Å². The molecule has 0 aliphatic carbocycles. The Kier molecular flexibility index (Phi) is 5.82. The Bertz CT molecular complexity index is 854. The van der Waals surface area contributed by atoms with Crippen molar-refractivity contribution in [3.8, 4) is 5.75 Å². The van der Waals surface area contributed by atoms with Gasteiger partial charge < -0.3 is 9.47 Å². The summed E-state index contributed by atoms with van der Waals surface area (Å²) in [5.41, 5.74) is -0.101. The van der Waals surface area contributed by atoms with E-state index in [1.807, 2.05) is 0 Å². The molecule has 0 aliphatic rings. The lowest BCUT2D eigenvalue weighted by Gasteiger charge is -2.29. The number of hydrogen-bond acceptors (Lipinski definition) is 4. The molecule has 0 heterocycles. The Morgan fingerprint density at radius 3 is 2.44 bits per heavy atom. The molecule has 1 N–H and O–H groups in total. The van der Waals surface area contributed by atoms with Gasteiger partial charge >= 0.3 is 0 Å². The van der Waals surface area contributed by atoms with E-state index in [1.165, 1.54) is 26.4 Å². The van der Waals surface area contributed by atoms with Crippen molar-refractivity contribution in [2.45, 2.75) is 24.3 Å². The van der Waals surface area contributed by atoms with E-state index in [0.29, 0.717) is 0 Å². The van der Waals surface area contributed by atoms with Crippen LogP contribution in [0, 0.1) is 12.7 Å². The SMILES string of the molecule is COc1ccc(C)cc1S(=O)(=O)NCC(C)(OC)c1ccccc1F. The first kappa shape index (κ1) is 19.4. The molecular weight excluding hydrogens is 345 g/mol. The minimum Gasteiger partial charge on any atom is -0.495 e. The number of ether oxygens (including phenoxy) is 2. The van der Waals surface area contributed by atoms with E-state index in [-0.39, 0.29) is 22.8 Å². The number of aryl methyl sites for hydroxylation is 1. The smallest absolute Gasteiger partial charge is 0.244 e. The summed E-state index contributed by atoms with van der Waals surface area (Å²) in [6, 6.07) is 11.0. The van der Waals surface area contributed by atoms with Gasteiger partial charge in [0.1, 0.15) is 22.1 Å². The van der Waals surface area contributed by atoms with Crippen molar-refractivity contribution in [1.29, 1.82) is 0 Å². The molecule has 0 aromatic heterocycles. The second-order valence-electron chi connectivity index (χ2n) is 5.89. The lowest BCUT2D eigenvalue weighted by Crippen LogP contribution is -2.40. The molecule has 2 aromatic rings. The Hall–Kier alpha value is -1.96. The van der Waals surface area contributed by atoms with E-state index < -0.39 is 21.4 Å². The number of benzene rings is 2. The molecule has 0 spiro atoms. The van der Waals surface area contributed by atoms with Crippen molar-refractivity contribution in [2.24, 2.45) is 0 Å². The fourth-order valence-corrected chi connectivity index (χ4v) is 3.85. The van der Waals surface area contributed by atoms with Crippen molar-refractivity contribution in [1.82, 2.24) is 4.72 Å². The summed E-state index contributed by atoms with van der Waals surface area (Å²) in [5.74, 6) is -0.220. The highest BCUT2D eigenvalue weighted by Gasteiger charge is 2.32. The van der Waals surface area contributed by atoms with Crippen LogP contribution in [0.1, 0.15) is 18.1 Å². The van der Waals surface area contributed by atoms with Crippen LogP contribution in [0.15, 0.2) is 47.4 Å². The van der Waals surface area contributed by atoms with E-state index in [0.717, 1.165) is 5.56 Å². The van der Waals surface area contributed by atoms with Gasteiger partial charge in [-0.25, -0.2) is 17.5 Å². The van der Waals surface area contributed by atoms with Crippen molar-refractivity contribution in [3.05, 3.63) is 59.4 Å². The highest BCUT2D eigenvalue weighted by molar-refractivity contribution is 7.89. The van der Waals surface area contributed by atoms with Crippen LogP contribution in [-0.2, 0) is 20.4 Å². The molecule has 0 amide bonds. The van der Waals surface area contributed by atoms with Crippen LogP contribution in [0.2, 0.25) is 0 Å². The lowest BCUT2D eigenvalue weighted by atomic mass is 9.95. The summed E-state index contributed by atoms with van der Waals surface area (Å²) in [6.07, 6.45) is 0. The summed E-state index contributed by atoms with van der Waals surface area (Å²) >= 11 is 0. The van der Waals surface area contributed by atoms with E-state index in [9.17, 15) is 12.8 Å². The quantitative estimate of drug-likeness (QED) is 0.817. The molecule has 25 heavy (non-hydrogen) atoms. The molecule has 0 radical (unpaired) electrons. The summed E-state index contributed by atoms with van der Waals surface area (Å²) in [6.45, 7) is 3.28. The van der Waals surface area contributed by atoms with Gasteiger partial charge in [-0.15, -0.1) is 0 Å². The van der Waals surface area contributed by atoms with Gasteiger partial charge in [-0.1, -0.05) is 24.3 Å². The maximum absolute atomic E-state index is 14.1. The lowest BCUT2D eigenvalue weighted by molar-refractivity contribution is 0.00410. The van der Waals surface area contributed by atoms with Crippen molar-refractivity contribution >= 4 is 10.0 Å². The van der Waals surface area contributed by atoms with Crippen LogP contribution in [0.25, 0.3) is 0 Å². The van der Waals surface area contributed by atoms with Crippen molar-refractivity contribution in [3.63, 3.8) is 0 Å². The zero-order chi connectivity index (χ0) is 18.7. The molecule has 2 aromatic carbocycles. The fourth-order valence-electron chi connectivity index (χ4n) is 2.47. The Morgan fingerprint density at radius 1 is 1.16 bits per heavy atom. The third-order valence-corrected chi connectivity index (χ3v) is 5.52. The average Bonchev–Trinajstić information content (AvgIpc) is 2.60. The van der Waals surface area contributed by atoms with Gasteiger partial charge in [0.2, 0.25) is 10.0 Å². The summed E-state index contributed by atoms with van der Waals surface area (Å²) in [4.78, 5) is 0.0296. The van der Waals surface area contributed by atoms with Crippen LogP contribution in [0.5, 0.6) is 5.75 Å². The Balaban J connectivity index is 2.32. The molecule has 1 unspecified atom stereocenters. The van der Waals surface area contributed by atoms with Gasteiger partial charge in [0.05, 0.1) is 7.11 Å². The second kappa shape index (κ2) is 7.51. The minimum atomic E-state index is -3.87. The first-order valence-electron chi connectivity index (χ1n) is 7.68. The zero-order valence-corrected chi connectivity index (χ0v) is 15.5. The molecule has 2 rings (SSSR count). The highest BCUT2D eigenvalue weighted by Crippen LogP contribution is 2.28. The standard InChI is InChI=1S/C18H22FNO4S/c1-13-9-10-16(23-3)17(11-13)25(21,22)20-12-18(2,24-4)14-7-5-6-8-15(14)19/h5-11,20H,12H2,1-4H3.